The third-order valence-electron chi connectivity index (χ3n) is 3.16. The number of aliphatic hydroxyl groups excluding tert-OH is 1. The zero-order valence-electron chi connectivity index (χ0n) is 10.9. The molecule has 21 heavy (non-hydrogen) atoms. The predicted octanol–water partition coefficient (Wildman–Crippen LogP) is 4.37. The van der Waals surface area contributed by atoms with Gasteiger partial charge in [0.1, 0.15) is 17.7 Å². The lowest BCUT2D eigenvalue weighted by Gasteiger charge is -2.17. The Labute approximate surface area is 117 Å². The van der Waals surface area contributed by atoms with Gasteiger partial charge in [-0.1, -0.05) is 18.2 Å². The lowest BCUT2D eigenvalue weighted by Crippen LogP contribution is -2.12. The molecule has 0 saturated heterocycles. The average molecular weight is 302 g/mol. The second kappa shape index (κ2) is 5.44. The Kier molecular flexibility index (Phi) is 4.00. The van der Waals surface area contributed by atoms with Crippen molar-refractivity contribution in [3.8, 4) is 0 Å². The highest BCUT2D eigenvalue weighted by Crippen LogP contribution is 2.35. The van der Waals surface area contributed by atoms with Crippen molar-refractivity contribution >= 4 is 0 Å². The van der Waals surface area contributed by atoms with E-state index in [-0.39, 0.29) is 5.56 Å². The minimum Gasteiger partial charge on any atom is -0.384 e. The average Bonchev–Trinajstić information content (AvgIpc) is 2.39. The van der Waals surface area contributed by atoms with Crippen LogP contribution in [0.4, 0.5) is 22.0 Å². The molecule has 0 amide bonds. The van der Waals surface area contributed by atoms with Crippen LogP contribution in [0.15, 0.2) is 36.4 Å². The summed E-state index contributed by atoms with van der Waals surface area (Å²) in [6.45, 7) is 1.55. The molecule has 1 nitrogen and oxygen atoms in total. The smallest absolute Gasteiger partial charge is 0.384 e. The highest BCUT2D eigenvalue weighted by molar-refractivity contribution is 5.38. The molecule has 2 rings (SSSR count). The number of hydrogen-bond donors (Lipinski definition) is 1. The molecular weight excluding hydrogens is 291 g/mol. The molecule has 6 heteroatoms. The maximum atomic E-state index is 14.0. The first kappa shape index (κ1) is 15.4. The fourth-order valence-corrected chi connectivity index (χ4v) is 2.05. The summed E-state index contributed by atoms with van der Waals surface area (Å²) < 4.78 is 65.1. The van der Waals surface area contributed by atoms with Gasteiger partial charge < -0.3 is 5.11 Å². The first-order chi connectivity index (χ1) is 9.71. The molecule has 2 aromatic carbocycles. The Morgan fingerprint density at radius 1 is 1.00 bits per heavy atom. The summed E-state index contributed by atoms with van der Waals surface area (Å²) in [4.78, 5) is 0. The fraction of sp³-hybridized carbons (Fsp3) is 0.200. The van der Waals surface area contributed by atoms with Crippen LogP contribution in [-0.2, 0) is 6.18 Å². The molecule has 1 unspecified atom stereocenters. The van der Waals surface area contributed by atoms with Gasteiger partial charge in [0.05, 0.1) is 5.56 Å². The molecule has 2 aromatic rings. The maximum absolute atomic E-state index is 14.0. The molecule has 0 radical (unpaired) electrons. The van der Waals surface area contributed by atoms with Crippen LogP contribution in [0.3, 0.4) is 0 Å². The van der Waals surface area contributed by atoms with Gasteiger partial charge in [-0.15, -0.1) is 0 Å². The normalized spacial score (nSPS) is 13.3. The SMILES string of the molecule is Cc1ccc(F)cc1C(O)c1cccc(C(F)(F)F)c1F. The standard InChI is InChI=1S/C15H11F5O/c1-8-5-6-9(16)7-11(8)14(21)10-3-2-4-12(13(10)17)15(18,19)20/h2-7,14,21H,1H3. The highest BCUT2D eigenvalue weighted by Gasteiger charge is 2.35. The van der Waals surface area contributed by atoms with Crippen molar-refractivity contribution in [3.05, 3.63) is 70.3 Å². The lowest BCUT2D eigenvalue weighted by molar-refractivity contribution is -0.140. The molecule has 0 aliphatic carbocycles. The van der Waals surface area contributed by atoms with Crippen molar-refractivity contribution in [1.82, 2.24) is 0 Å². The van der Waals surface area contributed by atoms with Crippen LogP contribution in [0.5, 0.6) is 0 Å². The molecule has 0 heterocycles. The quantitative estimate of drug-likeness (QED) is 0.817. The second-order valence-electron chi connectivity index (χ2n) is 4.61. The molecule has 1 atom stereocenters. The van der Waals surface area contributed by atoms with Crippen LogP contribution in [0.2, 0.25) is 0 Å². The largest absolute Gasteiger partial charge is 0.419 e. The van der Waals surface area contributed by atoms with E-state index in [0.29, 0.717) is 11.6 Å². The van der Waals surface area contributed by atoms with Gasteiger partial charge >= 0.3 is 6.18 Å². The number of rotatable bonds is 2. The Morgan fingerprint density at radius 3 is 2.29 bits per heavy atom. The monoisotopic (exact) mass is 302 g/mol. The summed E-state index contributed by atoms with van der Waals surface area (Å²) >= 11 is 0. The first-order valence-corrected chi connectivity index (χ1v) is 6.01. The molecule has 1 N–H and O–H groups in total. The van der Waals surface area contributed by atoms with Gasteiger partial charge in [0.15, 0.2) is 0 Å². The Bertz CT molecular complexity index is 664. The third kappa shape index (κ3) is 3.05. The summed E-state index contributed by atoms with van der Waals surface area (Å²) in [6.07, 6.45) is -6.54. The van der Waals surface area contributed by atoms with Crippen molar-refractivity contribution in [1.29, 1.82) is 0 Å². The molecule has 0 saturated carbocycles. The fourth-order valence-electron chi connectivity index (χ4n) is 2.05. The van der Waals surface area contributed by atoms with E-state index in [0.717, 1.165) is 24.3 Å². The number of benzene rings is 2. The van der Waals surface area contributed by atoms with Crippen LogP contribution in [0, 0.1) is 18.6 Å². The minimum atomic E-state index is -4.86. The second-order valence-corrected chi connectivity index (χ2v) is 4.61. The van der Waals surface area contributed by atoms with Crippen LogP contribution < -0.4 is 0 Å². The van der Waals surface area contributed by atoms with Crippen LogP contribution in [0.25, 0.3) is 0 Å². The maximum Gasteiger partial charge on any atom is 0.419 e. The molecule has 0 aliphatic rings. The summed E-state index contributed by atoms with van der Waals surface area (Å²) in [6, 6.07) is 6.11. The van der Waals surface area contributed by atoms with Crippen molar-refractivity contribution < 1.29 is 27.1 Å². The third-order valence-corrected chi connectivity index (χ3v) is 3.16. The van der Waals surface area contributed by atoms with E-state index < -0.39 is 35.0 Å². The number of hydrogen-bond acceptors (Lipinski definition) is 1. The molecule has 0 fully saturated rings. The lowest BCUT2D eigenvalue weighted by atomic mass is 9.95. The first-order valence-electron chi connectivity index (χ1n) is 6.01. The summed E-state index contributed by atoms with van der Waals surface area (Å²) in [5, 5.41) is 10.1. The molecule has 0 spiro atoms. The van der Waals surface area contributed by atoms with Gasteiger partial charge in [0.2, 0.25) is 0 Å². The number of alkyl halides is 3. The Morgan fingerprint density at radius 2 is 1.67 bits per heavy atom. The van der Waals surface area contributed by atoms with Crippen molar-refractivity contribution in [2.45, 2.75) is 19.2 Å². The topological polar surface area (TPSA) is 20.2 Å². The van der Waals surface area contributed by atoms with Gasteiger partial charge in [-0.3, -0.25) is 0 Å². The van der Waals surface area contributed by atoms with Gasteiger partial charge in [0.25, 0.3) is 0 Å². The van der Waals surface area contributed by atoms with Gasteiger partial charge in [-0.2, -0.15) is 13.2 Å². The Balaban J connectivity index is 2.54. The molecular formula is C15H11F5O. The van der Waals surface area contributed by atoms with Crippen molar-refractivity contribution in [3.63, 3.8) is 0 Å². The molecule has 0 aliphatic heterocycles. The molecule has 0 aromatic heterocycles. The summed E-state index contributed by atoms with van der Waals surface area (Å²) in [7, 11) is 0. The van der Waals surface area contributed by atoms with E-state index in [1.54, 1.807) is 6.92 Å². The number of aliphatic hydroxyl groups is 1. The zero-order valence-corrected chi connectivity index (χ0v) is 10.9. The highest BCUT2D eigenvalue weighted by atomic mass is 19.4. The van der Waals surface area contributed by atoms with E-state index in [2.05, 4.69) is 0 Å². The Hall–Kier alpha value is -1.95. The van der Waals surface area contributed by atoms with Gasteiger partial charge in [-0.05, 0) is 36.2 Å². The van der Waals surface area contributed by atoms with E-state index in [1.807, 2.05) is 0 Å². The van der Waals surface area contributed by atoms with E-state index in [1.165, 1.54) is 6.07 Å². The van der Waals surface area contributed by atoms with E-state index in [4.69, 9.17) is 0 Å². The zero-order chi connectivity index (χ0) is 15.8. The van der Waals surface area contributed by atoms with E-state index in [9.17, 15) is 27.1 Å². The molecule has 0 bridgehead atoms. The minimum absolute atomic E-state index is 0.0215. The van der Waals surface area contributed by atoms with Crippen LogP contribution in [-0.4, -0.2) is 5.11 Å². The number of aryl methyl sites for hydroxylation is 1. The molecule has 112 valence electrons. The summed E-state index contributed by atoms with van der Waals surface area (Å²) in [5.74, 6) is -2.22. The van der Waals surface area contributed by atoms with Crippen molar-refractivity contribution in [2.24, 2.45) is 0 Å². The van der Waals surface area contributed by atoms with Crippen molar-refractivity contribution in [2.75, 3.05) is 0 Å². The van der Waals surface area contributed by atoms with Crippen LogP contribution >= 0.6 is 0 Å². The predicted molar refractivity (Wildman–Crippen MR) is 66.6 cm³/mol. The summed E-state index contributed by atoms with van der Waals surface area (Å²) in [5.41, 5.74) is -1.54. The van der Waals surface area contributed by atoms with Gasteiger partial charge in [0, 0.05) is 5.56 Å². The van der Waals surface area contributed by atoms with Crippen LogP contribution in [0.1, 0.15) is 28.4 Å². The number of halogens is 5. The van der Waals surface area contributed by atoms with E-state index >= 15 is 0 Å². The van der Waals surface area contributed by atoms with Gasteiger partial charge in [-0.25, -0.2) is 8.78 Å².